The zero-order valence-electron chi connectivity index (χ0n) is 10.5. The van der Waals surface area contributed by atoms with Gasteiger partial charge in [-0.2, -0.15) is 0 Å². The fourth-order valence-corrected chi connectivity index (χ4v) is 2.25. The van der Waals surface area contributed by atoms with Crippen molar-refractivity contribution in [3.05, 3.63) is 0 Å². The number of nitrogens with one attached hydrogen (secondary N) is 1. The number of hydrogen-bond donors (Lipinski definition) is 1. The summed E-state index contributed by atoms with van der Waals surface area (Å²) in [6.45, 7) is 6.61. The normalized spacial score (nSPS) is 25.8. The molecule has 1 heterocycles. The van der Waals surface area contributed by atoms with Crippen molar-refractivity contribution < 1.29 is 9.59 Å². The van der Waals surface area contributed by atoms with E-state index in [2.05, 4.69) is 5.32 Å². The highest BCUT2D eigenvalue weighted by atomic mass is 16.2. The third-order valence-corrected chi connectivity index (χ3v) is 3.06. The molecule has 2 amide bonds. The van der Waals surface area contributed by atoms with Gasteiger partial charge in [-0.15, -0.1) is 0 Å². The van der Waals surface area contributed by atoms with Crippen LogP contribution in [0.3, 0.4) is 0 Å². The number of hydrogen-bond acceptors (Lipinski definition) is 2. The zero-order valence-corrected chi connectivity index (χ0v) is 10.5. The van der Waals surface area contributed by atoms with Crippen LogP contribution in [-0.4, -0.2) is 35.3 Å². The van der Waals surface area contributed by atoms with E-state index in [-0.39, 0.29) is 23.9 Å². The van der Waals surface area contributed by atoms with Crippen LogP contribution in [-0.2, 0) is 9.59 Å². The summed E-state index contributed by atoms with van der Waals surface area (Å²) in [6.07, 6.45) is 3.32. The van der Waals surface area contributed by atoms with Crippen molar-refractivity contribution in [1.82, 2.24) is 10.2 Å². The van der Waals surface area contributed by atoms with E-state index in [0.717, 1.165) is 25.7 Å². The highest BCUT2D eigenvalue weighted by molar-refractivity contribution is 5.96. The maximum absolute atomic E-state index is 12.1. The van der Waals surface area contributed by atoms with E-state index in [9.17, 15) is 9.59 Å². The van der Waals surface area contributed by atoms with Crippen LogP contribution in [0.1, 0.15) is 46.5 Å². The molecule has 1 aliphatic heterocycles. The number of rotatable bonds is 5. The van der Waals surface area contributed by atoms with Gasteiger partial charge in [0, 0.05) is 6.54 Å². The molecule has 4 nitrogen and oxygen atoms in total. The van der Waals surface area contributed by atoms with Gasteiger partial charge in [0.05, 0.1) is 0 Å². The van der Waals surface area contributed by atoms with Crippen molar-refractivity contribution in [2.45, 2.75) is 58.5 Å². The fraction of sp³-hybridized carbons (Fsp3) is 0.833. The van der Waals surface area contributed by atoms with Crippen LogP contribution in [0.15, 0.2) is 0 Å². The summed E-state index contributed by atoms with van der Waals surface area (Å²) < 4.78 is 0. The van der Waals surface area contributed by atoms with Gasteiger partial charge in [0.25, 0.3) is 0 Å². The first kappa shape index (κ1) is 13.0. The van der Waals surface area contributed by atoms with Crippen molar-refractivity contribution in [3.63, 3.8) is 0 Å². The van der Waals surface area contributed by atoms with E-state index < -0.39 is 0 Å². The van der Waals surface area contributed by atoms with Crippen LogP contribution in [0.5, 0.6) is 0 Å². The Morgan fingerprint density at radius 2 is 1.75 bits per heavy atom. The van der Waals surface area contributed by atoms with Crippen molar-refractivity contribution in [3.8, 4) is 0 Å². The largest absolute Gasteiger partial charge is 0.343 e. The molecule has 1 N–H and O–H groups in total. The van der Waals surface area contributed by atoms with Gasteiger partial charge < -0.3 is 10.2 Å². The first-order valence-corrected chi connectivity index (χ1v) is 6.26. The summed E-state index contributed by atoms with van der Waals surface area (Å²) in [6, 6.07) is -0.554. The van der Waals surface area contributed by atoms with Crippen molar-refractivity contribution in [2.24, 2.45) is 0 Å². The monoisotopic (exact) mass is 226 g/mol. The lowest BCUT2D eigenvalue weighted by Crippen LogP contribution is -2.63. The van der Waals surface area contributed by atoms with Crippen LogP contribution < -0.4 is 5.32 Å². The Morgan fingerprint density at radius 1 is 1.12 bits per heavy atom. The quantitative estimate of drug-likeness (QED) is 0.768. The molecule has 92 valence electrons. The van der Waals surface area contributed by atoms with E-state index in [4.69, 9.17) is 0 Å². The van der Waals surface area contributed by atoms with Crippen LogP contribution in [0.25, 0.3) is 0 Å². The molecular formula is C12H22N2O2. The maximum atomic E-state index is 12.1. The predicted molar refractivity (Wildman–Crippen MR) is 62.9 cm³/mol. The van der Waals surface area contributed by atoms with Gasteiger partial charge in [0.1, 0.15) is 12.1 Å². The number of nitrogens with zero attached hydrogens (tertiary/aromatic N) is 1. The Kier molecular flexibility index (Phi) is 4.77. The molecule has 0 aromatic heterocycles. The molecule has 16 heavy (non-hydrogen) atoms. The number of piperazine rings is 1. The molecule has 4 heteroatoms. The Bertz CT molecular complexity index is 266. The second kappa shape index (κ2) is 5.87. The van der Waals surface area contributed by atoms with E-state index in [1.54, 1.807) is 4.90 Å². The highest BCUT2D eigenvalue weighted by Crippen LogP contribution is 2.16. The smallest absolute Gasteiger partial charge is 0.245 e. The van der Waals surface area contributed by atoms with Gasteiger partial charge in [0.2, 0.25) is 11.8 Å². The van der Waals surface area contributed by atoms with E-state index in [0.29, 0.717) is 6.54 Å². The van der Waals surface area contributed by atoms with Crippen LogP contribution in [0.4, 0.5) is 0 Å². The lowest BCUT2D eigenvalue weighted by Gasteiger charge is -2.38. The molecule has 1 aliphatic rings. The van der Waals surface area contributed by atoms with Gasteiger partial charge in [-0.3, -0.25) is 9.59 Å². The van der Waals surface area contributed by atoms with Gasteiger partial charge in [0.15, 0.2) is 0 Å². The molecule has 0 aromatic carbocycles. The van der Waals surface area contributed by atoms with Crippen LogP contribution in [0, 0.1) is 0 Å². The highest BCUT2D eigenvalue weighted by Gasteiger charge is 2.38. The Labute approximate surface area is 97.4 Å². The van der Waals surface area contributed by atoms with E-state index >= 15 is 0 Å². The van der Waals surface area contributed by atoms with Gasteiger partial charge >= 0.3 is 0 Å². The van der Waals surface area contributed by atoms with Crippen LogP contribution >= 0.6 is 0 Å². The number of carbonyl (C=O) groups is 2. The third kappa shape index (κ3) is 2.54. The van der Waals surface area contributed by atoms with Gasteiger partial charge in [-0.25, -0.2) is 0 Å². The van der Waals surface area contributed by atoms with E-state index in [1.165, 1.54) is 0 Å². The average Bonchev–Trinajstić information content (AvgIpc) is 2.26. The van der Waals surface area contributed by atoms with Crippen molar-refractivity contribution in [2.75, 3.05) is 6.54 Å². The lowest BCUT2D eigenvalue weighted by atomic mass is 10.0. The minimum absolute atomic E-state index is 0.0155. The summed E-state index contributed by atoms with van der Waals surface area (Å²) in [5, 5.41) is 2.84. The SMILES string of the molecule is CCCC1NC(=O)C(CCC)N(CC)C1=O. The summed E-state index contributed by atoms with van der Waals surface area (Å²) in [5.41, 5.74) is 0. The molecule has 2 unspecified atom stereocenters. The zero-order chi connectivity index (χ0) is 12.1. The molecule has 0 saturated carbocycles. The fourth-order valence-electron chi connectivity index (χ4n) is 2.25. The molecule has 2 atom stereocenters. The maximum Gasteiger partial charge on any atom is 0.245 e. The van der Waals surface area contributed by atoms with Gasteiger partial charge in [-0.1, -0.05) is 26.7 Å². The number of likely N-dealkylation sites (N-methyl/N-ethyl adjacent to an activating group) is 1. The summed E-state index contributed by atoms with van der Waals surface area (Å²) in [5.74, 6) is 0.101. The Morgan fingerprint density at radius 3 is 2.25 bits per heavy atom. The second-order valence-corrected chi connectivity index (χ2v) is 4.28. The molecule has 0 spiro atoms. The predicted octanol–water partition coefficient (Wildman–Crippen LogP) is 1.30. The molecule has 0 radical (unpaired) electrons. The van der Waals surface area contributed by atoms with Crippen LogP contribution in [0.2, 0.25) is 0 Å². The van der Waals surface area contributed by atoms with Crippen molar-refractivity contribution >= 4 is 11.8 Å². The molecular weight excluding hydrogens is 204 g/mol. The molecule has 0 bridgehead atoms. The molecule has 1 saturated heterocycles. The molecule has 1 rings (SSSR count). The second-order valence-electron chi connectivity index (χ2n) is 4.28. The standard InChI is InChI=1S/C12H22N2O2/c1-4-7-9-12(16)14(6-3)10(8-5-2)11(15)13-9/h9-10H,4-8H2,1-3H3,(H,13,15). The minimum Gasteiger partial charge on any atom is -0.343 e. The Balaban J connectivity index is 2.78. The summed E-state index contributed by atoms with van der Waals surface area (Å²) >= 11 is 0. The summed E-state index contributed by atoms with van der Waals surface area (Å²) in [7, 11) is 0. The average molecular weight is 226 g/mol. The van der Waals surface area contributed by atoms with Crippen molar-refractivity contribution in [1.29, 1.82) is 0 Å². The number of amides is 2. The minimum atomic E-state index is -0.300. The topological polar surface area (TPSA) is 49.4 Å². The molecule has 1 fully saturated rings. The summed E-state index contributed by atoms with van der Waals surface area (Å²) in [4.78, 5) is 25.7. The first-order valence-electron chi connectivity index (χ1n) is 6.26. The lowest BCUT2D eigenvalue weighted by molar-refractivity contribution is -0.149. The third-order valence-electron chi connectivity index (χ3n) is 3.06. The van der Waals surface area contributed by atoms with Gasteiger partial charge in [-0.05, 0) is 19.8 Å². The molecule has 0 aromatic rings. The Hall–Kier alpha value is -1.06. The molecule has 0 aliphatic carbocycles. The first-order chi connectivity index (χ1) is 7.65. The van der Waals surface area contributed by atoms with E-state index in [1.807, 2.05) is 20.8 Å². The number of carbonyl (C=O) groups excluding carboxylic acids is 2.